The molecule has 0 saturated carbocycles. The molecule has 1 aromatic carbocycles. The molecule has 104 valence electrons. The Bertz CT molecular complexity index is 598. The maximum absolute atomic E-state index is 11.9. The van der Waals surface area contributed by atoms with Gasteiger partial charge in [0.05, 0.1) is 5.69 Å². The predicted molar refractivity (Wildman–Crippen MR) is 74.8 cm³/mol. The summed E-state index contributed by atoms with van der Waals surface area (Å²) >= 11 is 1.29. The average molecular weight is 291 g/mol. The van der Waals surface area contributed by atoms with Crippen LogP contribution in [0.5, 0.6) is 0 Å². The number of hydroxylamine groups is 1. The van der Waals surface area contributed by atoms with Crippen molar-refractivity contribution in [2.75, 3.05) is 5.32 Å². The molecule has 0 fully saturated rings. The van der Waals surface area contributed by atoms with Crippen LogP contribution in [0, 0.1) is 0 Å². The van der Waals surface area contributed by atoms with E-state index in [1.54, 1.807) is 35.1 Å². The fourth-order valence-electron chi connectivity index (χ4n) is 1.54. The summed E-state index contributed by atoms with van der Waals surface area (Å²) < 4.78 is 0. The van der Waals surface area contributed by atoms with Gasteiger partial charge in [0.2, 0.25) is 5.91 Å². The lowest BCUT2D eigenvalue weighted by atomic mass is 10.2. The third-order valence-electron chi connectivity index (χ3n) is 2.54. The molecular weight excluding hydrogens is 278 g/mol. The number of hydrogen-bond donors (Lipinski definition) is 3. The number of anilines is 1. The quantitative estimate of drug-likeness (QED) is 0.579. The molecule has 0 radical (unpaired) electrons. The highest BCUT2D eigenvalue weighted by Gasteiger charge is 2.09. The van der Waals surface area contributed by atoms with Crippen molar-refractivity contribution in [3.05, 3.63) is 47.0 Å². The van der Waals surface area contributed by atoms with Crippen LogP contribution in [0.25, 0.3) is 0 Å². The van der Waals surface area contributed by atoms with Gasteiger partial charge in [0.25, 0.3) is 5.91 Å². The van der Waals surface area contributed by atoms with Crippen molar-refractivity contribution in [3.63, 3.8) is 0 Å². The highest BCUT2D eigenvalue weighted by Crippen LogP contribution is 2.17. The van der Waals surface area contributed by atoms with Crippen LogP contribution >= 0.6 is 11.3 Å². The Balaban J connectivity index is 1.93. The lowest BCUT2D eigenvalue weighted by Gasteiger charge is -2.00. The molecule has 2 rings (SSSR count). The molecule has 2 aromatic rings. The van der Waals surface area contributed by atoms with E-state index >= 15 is 0 Å². The molecule has 20 heavy (non-hydrogen) atoms. The van der Waals surface area contributed by atoms with E-state index in [4.69, 9.17) is 5.21 Å². The topological polar surface area (TPSA) is 91.3 Å². The first-order valence-electron chi connectivity index (χ1n) is 5.93. The second kappa shape index (κ2) is 6.78. The highest BCUT2D eigenvalue weighted by molar-refractivity contribution is 7.13. The largest absolute Gasteiger partial charge is 0.298 e. The molecule has 0 aliphatic carbocycles. The third-order valence-corrected chi connectivity index (χ3v) is 3.35. The zero-order valence-electron chi connectivity index (χ0n) is 10.5. The van der Waals surface area contributed by atoms with Crippen molar-refractivity contribution in [3.8, 4) is 0 Å². The number of amides is 2. The summed E-state index contributed by atoms with van der Waals surface area (Å²) in [5, 5.41) is 13.3. The molecule has 7 heteroatoms. The summed E-state index contributed by atoms with van der Waals surface area (Å²) in [6.45, 7) is 0. The maximum atomic E-state index is 11.9. The van der Waals surface area contributed by atoms with Gasteiger partial charge in [-0.05, 0) is 18.6 Å². The van der Waals surface area contributed by atoms with Crippen LogP contribution in [-0.2, 0) is 11.2 Å². The molecule has 2 amide bonds. The SMILES string of the molecule is O=C(CCc1csc(NC(=O)c2ccccc2)n1)NO. The van der Waals surface area contributed by atoms with Crippen LogP contribution in [0.3, 0.4) is 0 Å². The Kier molecular flexibility index (Phi) is 4.80. The lowest BCUT2D eigenvalue weighted by molar-refractivity contribution is -0.129. The Labute approximate surface area is 119 Å². The summed E-state index contributed by atoms with van der Waals surface area (Å²) in [4.78, 5) is 27.0. The molecule has 1 aromatic heterocycles. The lowest BCUT2D eigenvalue weighted by Crippen LogP contribution is -2.18. The van der Waals surface area contributed by atoms with E-state index in [1.165, 1.54) is 11.3 Å². The van der Waals surface area contributed by atoms with Crippen LogP contribution in [0.15, 0.2) is 35.7 Å². The van der Waals surface area contributed by atoms with Gasteiger partial charge in [-0.2, -0.15) is 0 Å². The molecule has 1 heterocycles. The van der Waals surface area contributed by atoms with Crippen LogP contribution in [-0.4, -0.2) is 22.0 Å². The monoisotopic (exact) mass is 291 g/mol. The second-order valence-electron chi connectivity index (χ2n) is 4.00. The Morgan fingerprint density at radius 3 is 2.70 bits per heavy atom. The van der Waals surface area contributed by atoms with Gasteiger partial charge in [0.1, 0.15) is 0 Å². The number of nitrogens with one attached hydrogen (secondary N) is 2. The van der Waals surface area contributed by atoms with Gasteiger partial charge >= 0.3 is 0 Å². The minimum atomic E-state index is -0.465. The Morgan fingerprint density at radius 2 is 2.00 bits per heavy atom. The normalized spacial score (nSPS) is 10.1. The fourth-order valence-corrected chi connectivity index (χ4v) is 2.28. The second-order valence-corrected chi connectivity index (χ2v) is 4.86. The summed E-state index contributed by atoms with van der Waals surface area (Å²) in [5.41, 5.74) is 2.82. The number of rotatable bonds is 5. The predicted octanol–water partition coefficient (Wildman–Crippen LogP) is 1.83. The minimum absolute atomic E-state index is 0.145. The molecule has 0 unspecified atom stereocenters. The van der Waals surface area contributed by atoms with Gasteiger partial charge in [-0.1, -0.05) is 18.2 Å². The van der Waals surface area contributed by atoms with Gasteiger partial charge < -0.3 is 0 Å². The van der Waals surface area contributed by atoms with Gasteiger partial charge in [0, 0.05) is 17.4 Å². The first-order chi connectivity index (χ1) is 9.69. The molecule has 0 atom stereocenters. The van der Waals surface area contributed by atoms with Gasteiger partial charge in [0.15, 0.2) is 5.13 Å². The van der Waals surface area contributed by atoms with E-state index in [0.29, 0.717) is 22.8 Å². The average Bonchev–Trinajstić information content (AvgIpc) is 2.93. The summed E-state index contributed by atoms with van der Waals surface area (Å²) in [5.74, 6) is -0.688. The molecule has 6 nitrogen and oxygen atoms in total. The van der Waals surface area contributed by atoms with Gasteiger partial charge in [-0.3, -0.25) is 20.1 Å². The summed E-state index contributed by atoms with van der Waals surface area (Å²) in [7, 11) is 0. The van der Waals surface area contributed by atoms with Crippen molar-refractivity contribution < 1.29 is 14.8 Å². The number of benzene rings is 1. The number of aryl methyl sites for hydroxylation is 1. The highest BCUT2D eigenvalue weighted by atomic mass is 32.1. The smallest absolute Gasteiger partial charge is 0.257 e. The van der Waals surface area contributed by atoms with Crippen molar-refractivity contribution in [1.82, 2.24) is 10.5 Å². The summed E-state index contributed by atoms with van der Waals surface area (Å²) in [6, 6.07) is 8.85. The van der Waals surface area contributed by atoms with Crippen molar-refractivity contribution in [2.24, 2.45) is 0 Å². The standard InChI is InChI=1S/C13H13N3O3S/c17-11(16-19)7-6-10-8-20-13(14-10)15-12(18)9-4-2-1-3-5-9/h1-5,8,19H,6-7H2,(H,16,17)(H,14,15,18). The van der Waals surface area contributed by atoms with Crippen LogP contribution < -0.4 is 10.8 Å². The van der Waals surface area contributed by atoms with Crippen molar-refractivity contribution >= 4 is 28.3 Å². The van der Waals surface area contributed by atoms with Crippen molar-refractivity contribution in [2.45, 2.75) is 12.8 Å². The zero-order valence-corrected chi connectivity index (χ0v) is 11.3. The number of hydrogen-bond acceptors (Lipinski definition) is 5. The molecule has 3 N–H and O–H groups in total. The Hall–Kier alpha value is -2.25. The van der Waals surface area contributed by atoms with Gasteiger partial charge in [-0.15, -0.1) is 11.3 Å². The number of carbonyl (C=O) groups excluding carboxylic acids is 2. The first-order valence-corrected chi connectivity index (χ1v) is 6.81. The van der Waals surface area contributed by atoms with Crippen LogP contribution in [0.1, 0.15) is 22.5 Å². The molecule has 0 bridgehead atoms. The number of carbonyl (C=O) groups is 2. The molecule has 0 aliphatic heterocycles. The number of nitrogens with zero attached hydrogens (tertiary/aromatic N) is 1. The molecule has 0 aliphatic rings. The third kappa shape index (κ3) is 3.87. The summed E-state index contributed by atoms with van der Waals surface area (Å²) in [6.07, 6.45) is 0.552. The van der Waals surface area contributed by atoms with Crippen molar-refractivity contribution in [1.29, 1.82) is 0 Å². The van der Waals surface area contributed by atoms with Crippen LogP contribution in [0.2, 0.25) is 0 Å². The van der Waals surface area contributed by atoms with E-state index in [2.05, 4.69) is 10.3 Å². The molecular formula is C13H13N3O3S. The first kappa shape index (κ1) is 14.2. The number of aromatic nitrogens is 1. The fraction of sp³-hybridized carbons (Fsp3) is 0.154. The van der Waals surface area contributed by atoms with Gasteiger partial charge in [-0.25, -0.2) is 10.5 Å². The minimum Gasteiger partial charge on any atom is -0.298 e. The number of thiazole rings is 1. The van der Waals surface area contributed by atoms with Crippen LogP contribution in [0.4, 0.5) is 5.13 Å². The molecule has 0 saturated heterocycles. The van der Waals surface area contributed by atoms with E-state index in [9.17, 15) is 9.59 Å². The van der Waals surface area contributed by atoms with E-state index in [-0.39, 0.29) is 12.3 Å². The Morgan fingerprint density at radius 1 is 1.25 bits per heavy atom. The van der Waals surface area contributed by atoms with E-state index in [0.717, 1.165) is 0 Å². The van der Waals surface area contributed by atoms with E-state index in [1.807, 2.05) is 6.07 Å². The van der Waals surface area contributed by atoms with E-state index < -0.39 is 5.91 Å². The zero-order chi connectivity index (χ0) is 14.4. The molecule has 0 spiro atoms. The maximum Gasteiger partial charge on any atom is 0.257 e.